The molecule has 0 saturated carbocycles. The number of hydrogen-bond acceptors (Lipinski definition) is 4. The van der Waals surface area contributed by atoms with Crippen molar-refractivity contribution in [1.82, 2.24) is 4.98 Å². The van der Waals surface area contributed by atoms with E-state index < -0.39 is 12.0 Å². The van der Waals surface area contributed by atoms with Gasteiger partial charge in [0.15, 0.2) is 0 Å². The summed E-state index contributed by atoms with van der Waals surface area (Å²) in [6.45, 7) is 4.13. The standard InChI is InChI=1S/C15H14FNO4/c1-9(2)5-6-20-13-8-14(21-15(18)19)17-12-4-3-10(16)7-11(12)13/h3-5,7-8H,6H2,1-2H3,(H,18,19). The molecule has 1 aromatic heterocycles. The first-order valence-electron chi connectivity index (χ1n) is 6.23. The fraction of sp³-hybridized carbons (Fsp3) is 0.200. The van der Waals surface area contributed by atoms with Crippen LogP contribution in [0.25, 0.3) is 10.9 Å². The van der Waals surface area contributed by atoms with Gasteiger partial charge in [0.05, 0.1) is 5.52 Å². The van der Waals surface area contributed by atoms with Crippen LogP contribution in [-0.4, -0.2) is 22.9 Å². The number of aromatic nitrogens is 1. The summed E-state index contributed by atoms with van der Waals surface area (Å²) in [5.74, 6) is -0.231. The predicted octanol–water partition coefficient (Wildman–Crippen LogP) is 3.78. The first-order chi connectivity index (χ1) is 9.95. The molecule has 0 saturated heterocycles. The Bertz CT molecular complexity index is 708. The second-order valence-electron chi connectivity index (χ2n) is 4.58. The highest BCUT2D eigenvalue weighted by Gasteiger charge is 2.11. The number of hydrogen-bond donors (Lipinski definition) is 1. The van der Waals surface area contributed by atoms with E-state index in [9.17, 15) is 9.18 Å². The molecular weight excluding hydrogens is 277 g/mol. The zero-order valence-corrected chi connectivity index (χ0v) is 11.6. The molecule has 1 N–H and O–H groups in total. The summed E-state index contributed by atoms with van der Waals surface area (Å²) >= 11 is 0. The molecule has 1 heterocycles. The van der Waals surface area contributed by atoms with Crippen molar-refractivity contribution in [3.05, 3.63) is 41.7 Å². The van der Waals surface area contributed by atoms with Gasteiger partial charge < -0.3 is 14.6 Å². The van der Waals surface area contributed by atoms with Gasteiger partial charge in [-0.25, -0.2) is 14.2 Å². The molecule has 6 heteroatoms. The zero-order chi connectivity index (χ0) is 15.4. The summed E-state index contributed by atoms with van der Waals surface area (Å²) in [5.41, 5.74) is 1.46. The minimum atomic E-state index is -1.47. The summed E-state index contributed by atoms with van der Waals surface area (Å²) < 4.78 is 23.4. The average Bonchev–Trinajstić information content (AvgIpc) is 2.38. The number of carboxylic acid groups (broad SMARTS) is 1. The van der Waals surface area contributed by atoms with Crippen molar-refractivity contribution in [3.63, 3.8) is 0 Å². The lowest BCUT2D eigenvalue weighted by Crippen LogP contribution is -2.05. The number of fused-ring (bicyclic) bond motifs is 1. The average molecular weight is 291 g/mol. The van der Waals surface area contributed by atoms with Gasteiger partial charge in [0.25, 0.3) is 0 Å². The molecule has 0 radical (unpaired) electrons. The van der Waals surface area contributed by atoms with Gasteiger partial charge in [-0.2, -0.15) is 0 Å². The molecule has 0 aliphatic carbocycles. The number of nitrogens with zero attached hydrogens (tertiary/aromatic N) is 1. The van der Waals surface area contributed by atoms with Crippen LogP contribution in [0.3, 0.4) is 0 Å². The molecule has 5 nitrogen and oxygen atoms in total. The molecule has 0 atom stereocenters. The fourth-order valence-corrected chi connectivity index (χ4v) is 1.70. The van der Waals surface area contributed by atoms with Gasteiger partial charge in [-0.1, -0.05) is 5.57 Å². The second kappa shape index (κ2) is 6.21. The van der Waals surface area contributed by atoms with E-state index in [1.54, 1.807) is 0 Å². The van der Waals surface area contributed by atoms with Crippen molar-refractivity contribution in [2.24, 2.45) is 0 Å². The molecule has 0 aliphatic rings. The number of benzene rings is 1. The smallest absolute Gasteiger partial charge is 0.489 e. The van der Waals surface area contributed by atoms with Crippen molar-refractivity contribution in [1.29, 1.82) is 0 Å². The van der Waals surface area contributed by atoms with Gasteiger partial charge in [0.1, 0.15) is 18.2 Å². The molecule has 0 spiro atoms. The molecule has 0 amide bonds. The summed E-state index contributed by atoms with van der Waals surface area (Å²) in [7, 11) is 0. The molecule has 0 fully saturated rings. The van der Waals surface area contributed by atoms with Crippen LogP contribution in [0.5, 0.6) is 11.6 Å². The van der Waals surface area contributed by atoms with E-state index in [0.717, 1.165) is 5.57 Å². The normalized spacial score (nSPS) is 10.2. The molecule has 21 heavy (non-hydrogen) atoms. The lowest BCUT2D eigenvalue weighted by molar-refractivity contribution is 0.142. The van der Waals surface area contributed by atoms with Gasteiger partial charge in [-0.05, 0) is 38.1 Å². The number of carbonyl (C=O) groups is 1. The van der Waals surface area contributed by atoms with Gasteiger partial charge in [-0.15, -0.1) is 0 Å². The van der Waals surface area contributed by atoms with E-state index in [0.29, 0.717) is 16.7 Å². The van der Waals surface area contributed by atoms with Crippen molar-refractivity contribution >= 4 is 17.1 Å². The maximum atomic E-state index is 13.4. The summed E-state index contributed by atoms with van der Waals surface area (Å²) in [5, 5.41) is 9.10. The molecule has 0 unspecified atom stereocenters. The lowest BCUT2D eigenvalue weighted by atomic mass is 10.2. The van der Waals surface area contributed by atoms with Gasteiger partial charge in [0, 0.05) is 11.5 Å². The molecule has 1 aromatic carbocycles. The first-order valence-corrected chi connectivity index (χ1v) is 6.23. The van der Waals surface area contributed by atoms with Crippen LogP contribution >= 0.6 is 0 Å². The summed E-state index contributed by atoms with van der Waals surface area (Å²) in [6.07, 6.45) is 0.378. The van der Waals surface area contributed by atoms with Crippen LogP contribution in [0.15, 0.2) is 35.9 Å². The molecule has 2 rings (SSSR count). The second-order valence-corrected chi connectivity index (χ2v) is 4.58. The topological polar surface area (TPSA) is 68.7 Å². The van der Waals surface area contributed by atoms with E-state index in [1.807, 2.05) is 19.9 Å². The van der Waals surface area contributed by atoms with Crippen LogP contribution in [0.2, 0.25) is 0 Å². The minimum Gasteiger partial charge on any atom is -0.489 e. The molecule has 110 valence electrons. The van der Waals surface area contributed by atoms with Crippen LogP contribution in [-0.2, 0) is 0 Å². The molecule has 0 aliphatic heterocycles. The highest BCUT2D eigenvalue weighted by atomic mass is 19.1. The van der Waals surface area contributed by atoms with E-state index >= 15 is 0 Å². The third-order valence-electron chi connectivity index (χ3n) is 2.63. The maximum Gasteiger partial charge on any atom is 0.512 e. The van der Waals surface area contributed by atoms with Gasteiger partial charge >= 0.3 is 6.16 Å². The van der Waals surface area contributed by atoms with Crippen LogP contribution in [0, 0.1) is 5.82 Å². The van der Waals surface area contributed by atoms with Crippen LogP contribution in [0.4, 0.5) is 9.18 Å². The summed E-state index contributed by atoms with van der Waals surface area (Å²) in [6, 6.07) is 5.28. The number of ether oxygens (including phenoxy) is 2. The highest BCUT2D eigenvalue weighted by Crippen LogP contribution is 2.29. The zero-order valence-electron chi connectivity index (χ0n) is 11.6. The molecular formula is C15H14FNO4. The number of allylic oxidation sites excluding steroid dienone is 1. The first kappa shape index (κ1) is 14.8. The van der Waals surface area contributed by atoms with E-state index in [1.165, 1.54) is 24.3 Å². The largest absolute Gasteiger partial charge is 0.512 e. The fourth-order valence-electron chi connectivity index (χ4n) is 1.70. The van der Waals surface area contributed by atoms with E-state index in [4.69, 9.17) is 9.84 Å². The third-order valence-corrected chi connectivity index (χ3v) is 2.63. The van der Waals surface area contributed by atoms with Crippen molar-refractivity contribution < 1.29 is 23.8 Å². The molecule has 2 aromatic rings. The summed E-state index contributed by atoms with van der Waals surface area (Å²) in [4.78, 5) is 14.6. The van der Waals surface area contributed by atoms with Crippen molar-refractivity contribution in [2.75, 3.05) is 6.61 Å². The SMILES string of the molecule is CC(C)=CCOc1cc(OC(=O)O)nc2ccc(F)cc12. The van der Waals surface area contributed by atoms with Crippen LogP contribution < -0.4 is 9.47 Å². The highest BCUT2D eigenvalue weighted by molar-refractivity contribution is 5.86. The Balaban J connectivity index is 2.44. The number of halogens is 1. The van der Waals surface area contributed by atoms with Gasteiger partial charge in [0.2, 0.25) is 5.88 Å². The Labute approximate surface area is 120 Å². The predicted molar refractivity (Wildman–Crippen MR) is 75.3 cm³/mol. The Morgan fingerprint density at radius 1 is 1.38 bits per heavy atom. The van der Waals surface area contributed by atoms with Crippen LogP contribution in [0.1, 0.15) is 13.8 Å². The molecule has 0 bridgehead atoms. The van der Waals surface area contributed by atoms with E-state index in [-0.39, 0.29) is 12.5 Å². The Morgan fingerprint density at radius 3 is 2.81 bits per heavy atom. The quantitative estimate of drug-likeness (QED) is 0.686. The third kappa shape index (κ3) is 3.92. The number of pyridine rings is 1. The lowest BCUT2D eigenvalue weighted by Gasteiger charge is -2.09. The number of rotatable bonds is 4. The van der Waals surface area contributed by atoms with Gasteiger partial charge in [-0.3, -0.25) is 0 Å². The van der Waals surface area contributed by atoms with Crippen molar-refractivity contribution in [3.8, 4) is 11.6 Å². The maximum absolute atomic E-state index is 13.4. The van der Waals surface area contributed by atoms with Crippen molar-refractivity contribution in [2.45, 2.75) is 13.8 Å². The van der Waals surface area contributed by atoms with E-state index in [2.05, 4.69) is 9.72 Å². The minimum absolute atomic E-state index is 0.117. The Morgan fingerprint density at radius 2 is 2.14 bits per heavy atom. The Kier molecular flexibility index (Phi) is 4.37. The Hall–Kier alpha value is -2.63. The monoisotopic (exact) mass is 291 g/mol.